The van der Waals surface area contributed by atoms with Crippen molar-refractivity contribution in [3.05, 3.63) is 96.2 Å². The Kier molecular flexibility index (Phi) is 5.07. The highest BCUT2D eigenvalue weighted by Gasteiger charge is 2.17. The second-order valence-corrected chi connectivity index (χ2v) is 7.83. The third kappa shape index (κ3) is 3.69. The number of ether oxygens (including phenoxy) is 1. The fourth-order valence-electron chi connectivity index (χ4n) is 4.01. The van der Waals surface area contributed by atoms with Crippen molar-refractivity contribution in [3.63, 3.8) is 0 Å². The number of fused-ring (bicyclic) bond motifs is 2. The number of pyridine rings is 1. The number of nitrogens with zero attached hydrogens (tertiary/aromatic N) is 2. The molecule has 5 heteroatoms. The quantitative estimate of drug-likeness (QED) is 0.399. The molecule has 0 saturated carbocycles. The van der Waals surface area contributed by atoms with E-state index >= 15 is 0 Å². The average molecular weight is 422 g/mol. The summed E-state index contributed by atoms with van der Waals surface area (Å²) in [5.74, 6) is 1.35. The summed E-state index contributed by atoms with van der Waals surface area (Å²) in [6.45, 7) is 2.03. The van der Waals surface area contributed by atoms with Gasteiger partial charge in [0, 0.05) is 11.8 Å². The van der Waals surface area contributed by atoms with E-state index in [1.165, 1.54) is 0 Å². The lowest BCUT2D eigenvalue weighted by atomic mass is 10.0. The van der Waals surface area contributed by atoms with Crippen molar-refractivity contribution in [3.8, 4) is 17.0 Å². The zero-order chi connectivity index (χ0) is 22.1. The van der Waals surface area contributed by atoms with Crippen LogP contribution in [0.5, 0.6) is 5.75 Å². The number of nitrogens with one attached hydrogen (secondary N) is 1. The van der Waals surface area contributed by atoms with Gasteiger partial charge in [0.1, 0.15) is 22.9 Å². The monoisotopic (exact) mass is 421 g/mol. The maximum absolute atomic E-state index is 13.1. The summed E-state index contributed by atoms with van der Waals surface area (Å²) in [6.07, 6.45) is 2.22. The number of rotatable bonds is 5. The Hall–Kier alpha value is -4.12. The first-order chi connectivity index (χ1) is 15.6. The molecule has 1 N–H and O–H groups in total. The second-order valence-electron chi connectivity index (χ2n) is 7.83. The van der Waals surface area contributed by atoms with Crippen molar-refractivity contribution in [2.75, 3.05) is 12.4 Å². The molecule has 3 aromatic carbocycles. The SMILES string of the molecule is COc1ccc(-c2nc3cc(C)ccn3c2NC(=O)Cc2cccc3ccccc23)cc1. The number of hydrogen-bond acceptors (Lipinski definition) is 3. The van der Waals surface area contributed by atoms with E-state index in [2.05, 4.69) is 23.5 Å². The van der Waals surface area contributed by atoms with E-state index in [0.29, 0.717) is 5.82 Å². The van der Waals surface area contributed by atoms with Crippen LogP contribution in [0.3, 0.4) is 0 Å². The number of anilines is 1. The Balaban J connectivity index is 1.53. The summed E-state index contributed by atoms with van der Waals surface area (Å²) in [6, 6.07) is 25.9. The highest BCUT2D eigenvalue weighted by molar-refractivity contribution is 5.98. The van der Waals surface area contributed by atoms with Crippen LogP contribution in [-0.2, 0) is 11.2 Å². The van der Waals surface area contributed by atoms with Crippen LogP contribution in [0.15, 0.2) is 85.1 Å². The van der Waals surface area contributed by atoms with Crippen molar-refractivity contribution in [2.24, 2.45) is 0 Å². The number of amides is 1. The number of aryl methyl sites for hydroxylation is 1. The molecule has 0 atom stereocenters. The molecular formula is C27H23N3O2. The van der Waals surface area contributed by atoms with Crippen LogP contribution in [0, 0.1) is 6.92 Å². The van der Waals surface area contributed by atoms with Crippen molar-refractivity contribution in [1.29, 1.82) is 0 Å². The first-order valence-corrected chi connectivity index (χ1v) is 10.5. The molecule has 1 amide bonds. The molecule has 0 spiro atoms. The number of carbonyl (C=O) groups is 1. The molecule has 0 aliphatic rings. The number of methoxy groups -OCH3 is 1. The number of hydrogen-bond donors (Lipinski definition) is 1. The van der Waals surface area contributed by atoms with Gasteiger partial charge in [0.15, 0.2) is 0 Å². The van der Waals surface area contributed by atoms with Gasteiger partial charge in [-0.05, 0) is 65.2 Å². The molecule has 0 radical (unpaired) electrons. The van der Waals surface area contributed by atoms with Gasteiger partial charge >= 0.3 is 0 Å². The summed E-state index contributed by atoms with van der Waals surface area (Å²) in [5.41, 5.74) is 4.53. The highest BCUT2D eigenvalue weighted by Crippen LogP contribution is 2.31. The summed E-state index contributed by atoms with van der Waals surface area (Å²) in [5, 5.41) is 5.34. The molecule has 0 saturated heterocycles. The lowest BCUT2D eigenvalue weighted by molar-refractivity contribution is -0.115. The van der Waals surface area contributed by atoms with E-state index in [9.17, 15) is 4.79 Å². The van der Waals surface area contributed by atoms with E-state index in [-0.39, 0.29) is 12.3 Å². The van der Waals surface area contributed by atoms with E-state index in [1.807, 2.05) is 78.2 Å². The van der Waals surface area contributed by atoms with Gasteiger partial charge in [-0.1, -0.05) is 42.5 Å². The minimum atomic E-state index is -0.0847. The molecule has 5 aromatic rings. The predicted molar refractivity (Wildman–Crippen MR) is 128 cm³/mol. The topological polar surface area (TPSA) is 55.6 Å². The third-order valence-electron chi connectivity index (χ3n) is 5.63. The normalized spacial score (nSPS) is 11.1. The van der Waals surface area contributed by atoms with Crippen molar-refractivity contribution in [1.82, 2.24) is 9.38 Å². The van der Waals surface area contributed by atoms with Gasteiger partial charge in [0.25, 0.3) is 0 Å². The Morgan fingerprint density at radius 1 is 1.00 bits per heavy atom. The third-order valence-corrected chi connectivity index (χ3v) is 5.63. The van der Waals surface area contributed by atoms with E-state index in [1.54, 1.807) is 7.11 Å². The molecule has 0 aliphatic carbocycles. The number of benzene rings is 3. The Bertz CT molecular complexity index is 1430. The maximum Gasteiger partial charge on any atom is 0.229 e. The standard InChI is InChI=1S/C27H23N3O2/c1-18-14-15-30-24(16-18)28-26(20-10-12-22(32-2)13-11-20)27(30)29-25(31)17-21-8-5-7-19-6-3-4-9-23(19)21/h3-16H,17H2,1-2H3,(H,29,31). The summed E-state index contributed by atoms with van der Waals surface area (Å²) >= 11 is 0. The molecule has 158 valence electrons. The average Bonchev–Trinajstić information content (AvgIpc) is 3.16. The summed E-state index contributed by atoms with van der Waals surface area (Å²) < 4.78 is 7.20. The molecule has 2 heterocycles. The van der Waals surface area contributed by atoms with Crippen LogP contribution in [-0.4, -0.2) is 22.4 Å². The molecule has 2 aromatic heterocycles. The minimum absolute atomic E-state index is 0.0847. The van der Waals surface area contributed by atoms with Crippen LogP contribution >= 0.6 is 0 Å². The Morgan fingerprint density at radius 3 is 2.59 bits per heavy atom. The molecule has 5 nitrogen and oxygen atoms in total. The number of imidazole rings is 1. The van der Waals surface area contributed by atoms with Crippen LogP contribution < -0.4 is 10.1 Å². The second kappa shape index (κ2) is 8.19. The Labute approximate surface area is 186 Å². The molecule has 0 fully saturated rings. The molecule has 32 heavy (non-hydrogen) atoms. The highest BCUT2D eigenvalue weighted by atomic mass is 16.5. The number of aromatic nitrogens is 2. The first kappa shape index (κ1) is 19.8. The lowest BCUT2D eigenvalue weighted by Gasteiger charge is -2.10. The van der Waals surface area contributed by atoms with E-state index in [4.69, 9.17) is 9.72 Å². The van der Waals surface area contributed by atoms with E-state index in [0.717, 1.165) is 44.6 Å². The fraction of sp³-hybridized carbons (Fsp3) is 0.111. The molecular weight excluding hydrogens is 398 g/mol. The van der Waals surface area contributed by atoms with Gasteiger partial charge in [-0.3, -0.25) is 9.20 Å². The lowest BCUT2D eigenvalue weighted by Crippen LogP contribution is -2.16. The minimum Gasteiger partial charge on any atom is -0.497 e. The van der Waals surface area contributed by atoms with Crippen molar-refractivity contribution >= 4 is 28.1 Å². The molecule has 5 rings (SSSR count). The van der Waals surface area contributed by atoms with Gasteiger partial charge < -0.3 is 10.1 Å². The van der Waals surface area contributed by atoms with Gasteiger partial charge in [0.2, 0.25) is 5.91 Å². The van der Waals surface area contributed by atoms with Gasteiger partial charge in [-0.2, -0.15) is 0 Å². The van der Waals surface area contributed by atoms with Crippen LogP contribution in [0.25, 0.3) is 27.7 Å². The van der Waals surface area contributed by atoms with Gasteiger partial charge in [-0.25, -0.2) is 4.98 Å². The Morgan fingerprint density at radius 2 is 1.78 bits per heavy atom. The zero-order valence-electron chi connectivity index (χ0n) is 18.0. The van der Waals surface area contributed by atoms with Crippen LogP contribution in [0.2, 0.25) is 0 Å². The predicted octanol–water partition coefficient (Wildman–Crippen LogP) is 5.65. The van der Waals surface area contributed by atoms with Crippen LogP contribution in [0.1, 0.15) is 11.1 Å². The van der Waals surface area contributed by atoms with E-state index < -0.39 is 0 Å². The van der Waals surface area contributed by atoms with Crippen molar-refractivity contribution in [2.45, 2.75) is 13.3 Å². The number of carbonyl (C=O) groups excluding carboxylic acids is 1. The summed E-state index contributed by atoms with van der Waals surface area (Å²) in [4.78, 5) is 18.0. The van der Waals surface area contributed by atoms with Crippen molar-refractivity contribution < 1.29 is 9.53 Å². The molecule has 0 unspecified atom stereocenters. The zero-order valence-corrected chi connectivity index (χ0v) is 18.0. The maximum atomic E-state index is 13.1. The molecule has 0 bridgehead atoms. The smallest absolute Gasteiger partial charge is 0.229 e. The van der Waals surface area contributed by atoms with Gasteiger partial charge in [-0.15, -0.1) is 0 Å². The fourth-order valence-corrected chi connectivity index (χ4v) is 4.01. The first-order valence-electron chi connectivity index (χ1n) is 10.5. The van der Waals surface area contributed by atoms with Gasteiger partial charge in [0.05, 0.1) is 13.5 Å². The van der Waals surface area contributed by atoms with Crippen LogP contribution in [0.4, 0.5) is 5.82 Å². The largest absolute Gasteiger partial charge is 0.497 e. The summed E-state index contributed by atoms with van der Waals surface area (Å²) in [7, 11) is 1.64. The molecule has 0 aliphatic heterocycles.